The Morgan fingerprint density at radius 1 is 1.19 bits per heavy atom. The Labute approximate surface area is 123 Å². The highest BCUT2D eigenvalue weighted by atomic mass is 16.6. The Balaban J connectivity index is 2.49. The van der Waals surface area contributed by atoms with Gasteiger partial charge in [0.2, 0.25) is 0 Å². The largest absolute Gasteiger partial charge is 0.496 e. The molecule has 5 nitrogen and oxygen atoms in total. The maximum absolute atomic E-state index is 11.0. The molecule has 0 aliphatic carbocycles. The zero-order valence-corrected chi connectivity index (χ0v) is 12.4. The molecule has 0 aliphatic heterocycles. The van der Waals surface area contributed by atoms with Gasteiger partial charge in [-0.05, 0) is 37.4 Å². The summed E-state index contributed by atoms with van der Waals surface area (Å²) in [6.45, 7) is 0.811. The van der Waals surface area contributed by atoms with Crippen molar-refractivity contribution in [3.8, 4) is 16.9 Å². The van der Waals surface area contributed by atoms with Crippen molar-refractivity contribution in [2.45, 2.75) is 6.54 Å². The fourth-order valence-corrected chi connectivity index (χ4v) is 2.24. The third-order valence-corrected chi connectivity index (χ3v) is 3.13. The fourth-order valence-electron chi connectivity index (χ4n) is 2.24. The van der Waals surface area contributed by atoms with Gasteiger partial charge < -0.3 is 9.64 Å². The lowest BCUT2D eigenvalue weighted by atomic mass is 10.0. The monoisotopic (exact) mass is 286 g/mol. The summed E-state index contributed by atoms with van der Waals surface area (Å²) in [4.78, 5) is 12.6. The lowest BCUT2D eigenvalue weighted by molar-refractivity contribution is -0.384. The van der Waals surface area contributed by atoms with Crippen LogP contribution in [0, 0.1) is 10.1 Å². The summed E-state index contributed by atoms with van der Waals surface area (Å²) in [6.07, 6.45) is 0. The average molecular weight is 286 g/mol. The van der Waals surface area contributed by atoms with Crippen molar-refractivity contribution in [2.24, 2.45) is 0 Å². The maximum Gasteiger partial charge on any atom is 0.270 e. The van der Waals surface area contributed by atoms with Crippen molar-refractivity contribution in [1.29, 1.82) is 0 Å². The number of hydrogen-bond acceptors (Lipinski definition) is 4. The van der Waals surface area contributed by atoms with Crippen molar-refractivity contribution in [3.63, 3.8) is 0 Å². The van der Waals surface area contributed by atoms with Crippen LogP contribution in [0.2, 0.25) is 0 Å². The molecule has 2 rings (SSSR count). The van der Waals surface area contributed by atoms with Crippen LogP contribution in [-0.4, -0.2) is 31.0 Å². The first-order chi connectivity index (χ1) is 10.0. The number of methoxy groups -OCH3 is 1. The summed E-state index contributed by atoms with van der Waals surface area (Å²) in [7, 11) is 5.57. The number of non-ortho nitro benzene ring substituents is 1. The minimum atomic E-state index is -0.396. The van der Waals surface area contributed by atoms with Gasteiger partial charge in [-0.15, -0.1) is 0 Å². The SMILES string of the molecule is COc1ccc([N+](=O)[O-])cc1-c1cccc(CN(C)C)c1. The standard InChI is InChI=1S/C16H18N2O3/c1-17(2)11-12-5-4-6-13(9-12)15-10-14(18(19)20)7-8-16(15)21-3/h4-10H,11H2,1-3H3. The highest BCUT2D eigenvalue weighted by Gasteiger charge is 2.13. The van der Waals surface area contributed by atoms with Crippen LogP contribution < -0.4 is 4.74 Å². The number of nitro groups is 1. The maximum atomic E-state index is 11.0. The summed E-state index contributed by atoms with van der Waals surface area (Å²) in [5.41, 5.74) is 2.84. The molecule has 0 saturated heterocycles. The third kappa shape index (κ3) is 3.58. The van der Waals surface area contributed by atoms with Gasteiger partial charge in [-0.1, -0.05) is 18.2 Å². The second-order valence-corrected chi connectivity index (χ2v) is 5.08. The van der Waals surface area contributed by atoms with E-state index in [1.165, 1.54) is 6.07 Å². The minimum absolute atomic E-state index is 0.0591. The number of rotatable bonds is 5. The molecule has 110 valence electrons. The molecule has 0 radical (unpaired) electrons. The molecule has 0 aromatic heterocycles. The topological polar surface area (TPSA) is 55.6 Å². The van der Waals surface area contributed by atoms with Crippen LogP contribution in [0.1, 0.15) is 5.56 Å². The second-order valence-electron chi connectivity index (χ2n) is 5.08. The molecule has 0 N–H and O–H groups in total. The van der Waals surface area contributed by atoms with Crippen LogP contribution in [0.5, 0.6) is 5.75 Å². The van der Waals surface area contributed by atoms with Crippen molar-refractivity contribution < 1.29 is 9.66 Å². The van der Waals surface area contributed by atoms with Crippen LogP contribution >= 0.6 is 0 Å². The number of hydrogen-bond donors (Lipinski definition) is 0. The summed E-state index contributed by atoms with van der Waals surface area (Å²) in [6, 6.07) is 12.6. The molecule has 0 amide bonds. The summed E-state index contributed by atoms with van der Waals surface area (Å²) < 4.78 is 5.32. The van der Waals surface area contributed by atoms with Gasteiger partial charge >= 0.3 is 0 Å². The van der Waals surface area contributed by atoms with Gasteiger partial charge in [0.05, 0.1) is 12.0 Å². The molecule has 0 aliphatic rings. The Kier molecular flexibility index (Phi) is 4.55. The van der Waals surface area contributed by atoms with E-state index in [0.717, 1.165) is 23.2 Å². The van der Waals surface area contributed by atoms with E-state index in [-0.39, 0.29) is 5.69 Å². The van der Waals surface area contributed by atoms with E-state index in [0.29, 0.717) is 5.75 Å². The van der Waals surface area contributed by atoms with Crippen LogP contribution in [0.25, 0.3) is 11.1 Å². The summed E-state index contributed by atoms with van der Waals surface area (Å²) in [5, 5.41) is 11.0. The van der Waals surface area contributed by atoms with Gasteiger partial charge in [-0.25, -0.2) is 0 Å². The molecular formula is C16H18N2O3. The van der Waals surface area contributed by atoms with Gasteiger partial charge in [-0.2, -0.15) is 0 Å². The third-order valence-electron chi connectivity index (χ3n) is 3.13. The zero-order chi connectivity index (χ0) is 15.4. The molecule has 0 atom stereocenters. The van der Waals surface area contributed by atoms with Gasteiger partial charge in [-0.3, -0.25) is 10.1 Å². The van der Waals surface area contributed by atoms with E-state index < -0.39 is 4.92 Å². The van der Waals surface area contributed by atoms with Crippen molar-refractivity contribution in [3.05, 3.63) is 58.1 Å². The van der Waals surface area contributed by atoms with E-state index in [2.05, 4.69) is 4.90 Å². The van der Waals surface area contributed by atoms with Crippen molar-refractivity contribution >= 4 is 5.69 Å². The Hall–Kier alpha value is -2.40. The molecule has 0 heterocycles. The minimum Gasteiger partial charge on any atom is -0.496 e. The summed E-state index contributed by atoms with van der Waals surface area (Å²) >= 11 is 0. The predicted molar refractivity (Wildman–Crippen MR) is 82.5 cm³/mol. The first-order valence-electron chi connectivity index (χ1n) is 6.57. The number of ether oxygens (including phenoxy) is 1. The molecule has 2 aromatic carbocycles. The molecule has 0 spiro atoms. The molecule has 0 fully saturated rings. The molecule has 0 saturated carbocycles. The quantitative estimate of drug-likeness (QED) is 0.625. The Bertz CT molecular complexity index is 654. The van der Waals surface area contributed by atoms with Crippen LogP contribution in [0.15, 0.2) is 42.5 Å². The number of nitro benzene ring substituents is 1. The molecule has 2 aromatic rings. The molecule has 5 heteroatoms. The average Bonchev–Trinajstić information content (AvgIpc) is 2.46. The van der Waals surface area contributed by atoms with E-state index in [1.807, 2.05) is 38.4 Å². The highest BCUT2D eigenvalue weighted by molar-refractivity contribution is 5.73. The van der Waals surface area contributed by atoms with E-state index in [4.69, 9.17) is 4.74 Å². The number of benzene rings is 2. The molecule has 0 unspecified atom stereocenters. The van der Waals surface area contributed by atoms with Gasteiger partial charge in [0.25, 0.3) is 5.69 Å². The lowest BCUT2D eigenvalue weighted by Gasteiger charge is -2.12. The lowest BCUT2D eigenvalue weighted by Crippen LogP contribution is -2.10. The molecule has 0 bridgehead atoms. The molecular weight excluding hydrogens is 268 g/mol. The fraction of sp³-hybridized carbons (Fsp3) is 0.250. The second kappa shape index (κ2) is 6.37. The van der Waals surface area contributed by atoms with Crippen LogP contribution in [-0.2, 0) is 6.54 Å². The van der Waals surface area contributed by atoms with E-state index >= 15 is 0 Å². The molecule has 21 heavy (non-hydrogen) atoms. The van der Waals surface area contributed by atoms with Crippen molar-refractivity contribution in [2.75, 3.05) is 21.2 Å². The Morgan fingerprint density at radius 2 is 1.95 bits per heavy atom. The normalized spacial score (nSPS) is 10.7. The Morgan fingerprint density at radius 3 is 2.57 bits per heavy atom. The van der Waals surface area contributed by atoms with E-state index in [9.17, 15) is 10.1 Å². The first-order valence-corrected chi connectivity index (χ1v) is 6.57. The zero-order valence-electron chi connectivity index (χ0n) is 12.4. The van der Waals surface area contributed by atoms with Crippen LogP contribution in [0.4, 0.5) is 5.69 Å². The van der Waals surface area contributed by atoms with Gasteiger partial charge in [0.1, 0.15) is 5.75 Å². The highest BCUT2D eigenvalue weighted by Crippen LogP contribution is 2.33. The first kappa shape index (κ1) is 15.0. The van der Waals surface area contributed by atoms with Gasteiger partial charge in [0, 0.05) is 24.2 Å². The predicted octanol–water partition coefficient (Wildman–Crippen LogP) is 3.33. The summed E-state index contributed by atoms with van der Waals surface area (Å²) in [5.74, 6) is 0.627. The number of nitrogens with zero attached hydrogens (tertiary/aromatic N) is 2. The van der Waals surface area contributed by atoms with Crippen molar-refractivity contribution in [1.82, 2.24) is 4.90 Å². The van der Waals surface area contributed by atoms with E-state index in [1.54, 1.807) is 19.2 Å². The van der Waals surface area contributed by atoms with Gasteiger partial charge in [0.15, 0.2) is 0 Å². The smallest absolute Gasteiger partial charge is 0.270 e. The van der Waals surface area contributed by atoms with Crippen LogP contribution in [0.3, 0.4) is 0 Å².